The molecule has 0 aromatic rings. The maximum atomic E-state index is 9.14. The lowest BCUT2D eigenvalue weighted by atomic mass is 10.3. The molecule has 3 unspecified atom stereocenters. The van der Waals surface area contributed by atoms with Crippen molar-refractivity contribution in [2.24, 2.45) is 5.73 Å². The van der Waals surface area contributed by atoms with E-state index in [2.05, 4.69) is 0 Å². The monoisotopic (exact) mass is 178 g/mol. The van der Waals surface area contributed by atoms with Crippen LogP contribution in [0, 0.1) is 0 Å². The van der Waals surface area contributed by atoms with Crippen LogP contribution in [0.3, 0.4) is 0 Å². The first-order chi connectivity index (χ1) is 5.45. The Balaban J connectivity index is 3.80. The zero-order valence-corrected chi connectivity index (χ0v) is 7.51. The highest BCUT2D eigenvalue weighted by Gasteiger charge is 2.15. The van der Waals surface area contributed by atoms with Crippen LogP contribution in [-0.2, 0) is 0 Å². The van der Waals surface area contributed by atoms with E-state index in [0.717, 1.165) is 0 Å². The molecule has 0 saturated heterocycles. The van der Waals surface area contributed by atoms with Gasteiger partial charge in [0.25, 0.3) is 0 Å². The van der Waals surface area contributed by atoms with Gasteiger partial charge in [0, 0.05) is 6.54 Å². The standard InChI is InChI=1S/C7H18N2O3/c1-5(10)9(6(2)11)4-3-7(8)12/h5-7,10-12H,3-4,8H2,1-2H3. The maximum Gasteiger partial charge on any atom is 0.106 e. The Kier molecular flexibility index (Phi) is 5.36. The predicted octanol–water partition coefficient (Wildman–Crippen LogP) is -1.37. The third kappa shape index (κ3) is 4.63. The van der Waals surface area contributed by atoms with Gasteiger partial charge in [-0.1, -0.05) is 0 Å². The minimum Gasteiger partial charge on any atom is -0.379 e. The molecule has 0 aliphatic rings. The summed E-state index contributed by atoms with van der Waals surface area (Å²) in [6, 6.07) is 0. The molecule has 0 aromatic heterocycles. The first-order valence-electron chi connectivity index (χ1n) is 4.00. The molecule has 0 rings (SSSR count). The van der Waals surface area contributed by atoms with Crippen molar-refractivity contribution in [1.82, 2.24) is 4.90 Å². The van der Waals surface area contributed by atoms with Crippen LogP contribution >= 0.6 is 0 Å². The molecule has 0 bridgehead atoms. The lowest BCUT2D eigenvalue weighted by molar-refractivity contribution is -0.0880. The van der Waals surface area contributed by atoms with Gasteiger partial charge in [-0.15, -0.1) is 0 Å². The second kappa shape index (κ2) is 5.45. The normalized spacial score (nSPS) is 19.2. The summed E-state index contributed by atoms with van der Waals surface area (Å²) in [5, 5.41) is 27.0. The fourth-order valence-corrected chi connectivity index (χ4v) is 0.967. The number of hydrogen-bond donors (Lipinski definition) is 4. The summed E-state index contributed by atoms with van der Waals surface area (Å²) in [6.07, 6.45) is -2.03. The lowest BCUT2D eigenvalue weighted by Gasteiger charge is -2.28. The van der Waals surface area contributed by atoms with Crippen LogP contribution in [0.2, 0.25) is 0 Å². The SMILES string of the molecule is CC(O)N(CCC(N)O)C(C)O. The summed E-state index contributed by atoms with van der Waals surface area (Å²) >= 11 is 0. The second-order valence-electron chi connectivity index (χ2n) is 2.86. The van der Waals surface area contributed by atoms with Crippen molar-refractivity contribution in [2.45, 2.75) is 39.0 Å². The van der Waals surface area contributed by atoms with Crippen molar-refractivity contribution in [3.63, 3.8) is 0 Å². The van der Waals surface area contributed by atoms with E-state index in [1.54, 1.807) is 13.8 Å². The molecule has 0 amide bonds. The molecule has 0 aliphatic carbocycles. The predicted molar refractivity (Wildman–Crippen MR) is 44.9 cm³/mol. The van der Waals surface area contributed by atoms with Crippen LogP contribution < -0.4 is 5.73 Å². The van der Waals surface area contributed by atoms with Gasteiger partial charge in [0.05, 0.1) is 0 Å². The Hall–Kier alpha value is -0.200. The highest BCUT2D eigenvalue weighted by atomic mass is 16.3. The molecular weight excluding hydrogens is 160 g/mol. The van der Waals surface area contributed by atoms with E-state index in [-0.39, 0.29) is 0 Å². The molecule has 0 radical (unpaired) electrons. The molecule has 3 atom stereocenters. The minimum absolute atomic E-state index is 0.329. The Morgan fingerprint density at radius 2 is 1.58 bits per heavy atom. The van der Waals surface area contributed by atoms with Crippen LogP contribution in [0.25, 0.3) is 0 Å². The molecule has 5 nitrogen and oxygen atoms in total. The summed E-state index contributed by atoms with van der Waals surface area (Å²) in [7, 11) is 0. The quantitative estimate of drug-likeness (QED) is 0.390. The number of aliphatic hydroxyl groups is 3. The third-order valence-electron chi connectivity index (χ3n) is 1.64. The van der Waals surface area contributed by atoms with Gasteiger partial charge in [0.1, 0.15) is 18.7 Å². The fraction of sp³-hybridized carbons (Fsp3) is 1.00. The summed E-state index contributed by atoms with van der Waals surface area (Å²) in [6.45, 7) is 3.47. The lowest BCUT2D eigenvalue weighted by Crippen LogP contribution is -2.42. The second-order valence-corrected chi connectivity index (χ2v) is 2.86. The number of nitrogens with two attached hydrogens (primary N) is 1. The Labute approximate surface area is 72.4 Å². The fourth-order valence-electron chi connectivity index (χ4n) is 0.967. The number of nitrogens with zero attached hydrogens (tertiary/aromatic N) is 1. The zero-order valence-electron chi connectivity index (χ0n) is 7.51. The van der Waals surface area contributed by atoms with Gasteiger partial charge in [0.2, 0.25) is 0 Å². The molecule has 0 aliphatic heterocycles. The van der Waals surface area contributed by atoms with E-state index in [4.69, 9.17) is 21.1 Å². The van der Waals surface area contributed by atoms with Crippen molar-refractivity contribution in [2.75, 3.05) is 6.54 Å². The molecule has 0 heterocycles. The molecule has 0 spiro atoms. The van der Waals surface area contributed by atoms with E-state index < -0.39 is 18.7 Å². The summed E-state index contributed by atoms with van der Waals surface area (Å²) in [5.74, 6) is 0. The van der Waals surface area contributed by atoms with E-state index in [0.29, 0.717) is 13.0 Å². The van der Waals surface area contributed by atoms with Gasteiger partial charge >= 0.3 is 0 Å². The number of rotatable bonds is 5. The molecule has 0 saturated carbocycles. The van der Waals surface area contributed by atoms with Crippen LogP contribution in [0.15, 0.2) is 0 Å². The van der Waals surface area contributed by atoms with Gasteiger partial charge in [0.15, 0.2) is 0 Å². The molecular formula is C7H18N2O3. The van der Waals surface area contributed by atoms with Crippen LogP contribution in [-0.4, -0.2) is 45.4 Å². The summed E-state index contributed by atoms with van der Waals surface area (Å²) in [4.78, 5) is 1.43. The average molecular weight is 178 g/mol. The Morgan fingerprint density at radius 1 is 1.17 bits per heavy atom. The summed E-state index contributed by atoms with van der Waals surface area (Å²) < 4.78 is 0. The number of hydrogen-bond acceptors (Lipinski definition) is 5. The van der Waals surface area contributed by atoms with Gasteiger partial charge in [-0.3, -0.25) is 4.90 Å². The van der Waals surface area contributed by atoms with Gasteiger partial charge < -0.3 is 21.1 Å². The maximum absolute atomic E-state index is 9.14. The van der Waals surface area contributed by atoms with E-state index in [1.165, 1.54) is 4.90 Å². The summed E-state index contributed by atoms with van der Waals surface area (Å²) in [5.41, 5.74) is 5.11. The molecule has 74 valence electrons. The van der Waals surface area contributed by atoms with Crippen LogP contribution in [0.1, 0.15) is 20.3 Å². The zero-order chi connectivity index (χ0) is 9.72. The smallest absolute Gasteiger partial charge is 0.106 e. The molecule has 0 fully saturated rings. The highest BCUT2D eigenvalue weighted by molar-refractivity contribution is 4.60. The largest absolute Gasteiger partial charge is 0.379 e. The van der Waals surface area contributed by atoms with Crippen LogP contribution in [0.4, 0.5) is 0 Å². The molecule has 5 heteroatoms. The highest BCUT2D eigenvalue weighted by Crippen LogP contribution is 2.02. The molecule has 12 heavy (non-hydrogen) atoms. The molecule has 0 aromatic carbocycles. The Bertz CT molecular complexity index is 109. The van der Waals surface area contributed by atoms with Crippen molar-refractivity contribution >= 4 is 0 Å². The van der Waals surface area contributed by atoms with Gasteiger partial charge in [-0.2, -0.15) is 0 Å². The minimum atomic E-state index is -0.898. The van der Waals surface area contributed by atoms with E-state index in [1.807, 2.05) is 0 Å². The van der Waals surface area contributed by atoms with Crippen molar-refractivity contribution < 1.29 is 15.3 Å². The van der Waals surface area contributed by atoms with Crippen molar-refractivity contribution in [3.05, 3.63) is 0 Å². The number of aliphatic hydroxyl groups excluding tert-OH is 3. The Morgan fingerprint density at radius 3 is 1.83 bits per heavy atom. The van der Waals surface area contributed by atoms with E-state index >= 15 is 0 Å². The first-order valence-corrected chi connectivity index (χ1v) is 4.00. The van der Waals surface area contributed by atoms with Crippen LogP contribution in [0.5, 0.6) is 0 Å². The van der Waals surface area contributed by atoms with Crippen molar-refractivity contribution in [3.8, 4) is 0 Å². The molecule has 5 N–H and O–H groups in total. The topological polar surface area (TPSA) is 90.0 Å². The van der Waals surface area contributed by atoms with Crippen molar-refractivity contribution in [1.29, 1.82) is 0 Å². The average Bonchev–Trinajstić information content (AvgIpc) is 1.84. The van der Waals surface area contributed by atoms with Gasteiger partial charge in [-0.05, 0) is 20.3 Å². The third-order valence-corrected chi connectivity index (χ3v) is 1.64. The van der Waals surface area contributed by atoms with E-state index in [9.17, 15) is 0 Å². The first kappa shape index (κ1) is 11.8. The van der Waals surface area contributed by atoms with Gasteiger partial charge in [-0.25, -0.2) is 0 Å².